The largest absolute Gasteiger partial charge is 0.456 e. The standard InChI is InChI=1S/C20H27ClN4O2S/c1-20(2,3)27-18(26)16-6-5-14(25-9-7-24(4)8-10-25)11-17(16)22-12-15-13-23-19(21)28-15/h5-6,11,13,22H,7-10,12H2,1-4H3. The molecular weight excluding hydrogens is 396 g/mol. The van der Waals surface area contributed by atoms with Crippen LogP contribution in [-0.4, -0.2) is 54.7 Å². The third kappa shape index (κ3) is 5.59. The molecule has 0 saturated carbocycles. The number of likely N-dealkylation sites (N-methyl/N-ethyl adjacent to an activating group) is 1. The van der Waals surface area contributed by atoms with Gasteiger partial charge in [0.25, 0.3) is 0 Å². The molecule has 0 unspecified atom stereocenters. The zero-order chi connectivity index (χ0) is 20.3. The van der Waals surface area contributed by atoms with E-state index in [1.165, 1.54) is 11.3 Å². The monoisotopic (exact) mass is 422 g/mol. The summed E-state index contributed by atoms with van der Waals surface area (Å²) < 4.78 is 6.10. The second kappa shape index (κ2) is 8.68. The molecule has 1 fully saturated rings. The summed E-state index contributed by atoms with van der Waals surface area (Å²) in [4.78, 5) is 22.4. The fourth-order valence-corrected chi connectivity index (χ4v) is 3.92. The summed E-state index contributed by atoms with van der Waals surface area (Å²) in [5.74, 6) is -0.331. The summed E-state index contributed by atoms with van der Waals surface area (Å²) in [5.41, 5.74) is 1.85. The van der Waals surface area contributed by atoms with Crippen molar-refractivity contribution in [2.45, 2.75) is 32.9 Å². The lowest BCUT2D eigenvalue weighted by molar-refractivity contribution is 0.00707. The number of thiazole rings is 1. The van der Waals surface area contributed by atoms with Crippen LogP contribution in [0.5, 0.6) is 0 Å². The maximum absolute atomic E-state index is 12.7. The van der Waals surface area contributed by atoms with Crippen molar-refractivity contribution < 1.29 is 9.53 Å². The third-order valence-electron chi connectivity index (χ3n) is 4.47. The molecular formula is C20H27ClN4O2S. The minimum atomic E-state index is -0.546. The van der Waals surface area contributed by atoms with Gasteiger partial charge in [0.2, 0.25) is 0 Å². The van der Waals surface area contributed by atoms with Gasteiger partial charge in [-0.25, -0.2) is 9.78 Å². The van der Waals surface area contributed by atoms with Crippen LogP contribution < -0.4 is 10.2 Å². The molecule has 8 heteroatoms. The number of rotatable bonds is 5. The first kappa shape index (κ1) is 20.9. The average molecular weight is 423 g/mol. The highest BCUT2D eigenvalue weighted by Crippen LogP contribution is 2.28. The number of piperazine rings is 1. The molecule has 1 aliphatic heterocycles. The van der Waals surface area contributed by atoms with Gasteiger partial charge in [-0.1, -0.05) is 11.6 Å². The van der Waals surface area contributed by atoms with Crippen molar-refractivity contribution >= 4 is 40.3 Å². The van der Waals surface area contributed by atoms with Crippen LogP contribution in [0.3, 0.4) is 0 Å². The van der Waals surface area contributed by atoms with Crippen LogP contribution in [0.4, 0.5) is 11.4 Å². The maximum Gasteiger partial charge on any atom is 0.340 e. The van der Waals surface area contributed by atoms with E-state index in [1.54, 1.807) is 6.20 Å². The Bertz CT molecular complexity index is 826. The molecule has 1 N–H and O–H groups in total. The van der Waals surface area contributed by atoms with Gasteiger partial charge in [-0.05, 0) is 46.0 Å². The Balaban J connectivity index is 1.84. The Morgan fingerprint density at radius 3 is 2.61 bits per heavy atom. The van der Waals surface area contributed by atoms with Crippen molar-refractivity contribution in [3.8, 4) is 0 Å². The molecule has 0 atom stereocenters. The predicted octanol–water partition coefficient (Wildman–Crippen LogP) is 4.12. The minimum Gasteiger partial charge on any atom is -0.456 e. The van der Waals surface area contributed by atoms with Gasteiger partial charge in [-0.3, -0.25) is 0 Å². The van der Waals surface area contributed by atoms with Crippen LogP contribution in [0.2, 0.25) is 4.47 Å². The molecule has 1 aromatic heterocycles. The second-order valence-corrected chi connectivity index (χ2v) is 9.65. The molecule has 28 heavy (non-hydrogen) atoms. The molecule has 0 bridgehead atoms. The second-order valence-electron chi connectivity index (χ2n) is 7.96. The highest BCUT2D eigenvalue weighted by Gasteiger charge is 2.22. The number of carbonyl (C=O) groups excluding carboxylic acids is 1. The van der Waals surface area contributed by atoms with Crippen molar-refractivity contribution in [2.24, 2.45) is 0 Å². The lowest BCUT2D eigenvalue weighted by Gasteiger charge is -2.34. The zero-order valence-electron chi connectivity index (χ0n) is 16.8. The highest BCUT2D eigenvalue weighted by atomic mass is 35.5. The molecule has 1 aliphatic rings. The Morgan fingerprint density at radius 1 is 1.29 bits per heavy atom. The summed E-state index contributed by atoms with van der Waals surface area (Å²) in [5, 5.41) is 3.37. The molecule has 2 aromatic rings. The van der Waals surface area contributed by atoms with E-state index in [1.807, 2.05) is 39.0 Å². The minimum absolute atomic E-state index is 0.331. The van der Waals surface area contributed by atoms with Gasteiger partial charge < -0.3 is 19.9 Å². The summed E-state index contributed by atoms with van der Waals surface area (Å²) in [6, 6.07) is 5.89. The lowest BCUT2D eigenvalue weighted by atomic mass is 10.1. The number of ether oxygens (including phenoxy) is 1. The Kier molecular flexibility index (Phi) is 6.47. The van der Waals surface area contributed by atoms with E-state index in [-0.39, 0.29) is 5.97 Å². The van der Waals surface area contributed by atoms with E-state index in [0.717, 1.165) is 42.4 Å². The molecule has 1 saturated heterocycles. The Hall–Kier alpha value is -1.83. The summed E-state index contributed by atoms with van der Waals surface area (Å²) in [6.07, 6.45) is 1.75. The first-order chi connectivity index (χ1) is 13.2. The van der Waals surface area contributed by atoms with Crippen LogP contribution >= 0.6 is 22.9 Å². The number of hydrogen-bond donors (Lipinski definition) is 1. The molecule has 0 spiro atoms. The highest BCUT2D eigenvalue weighted by molar-refractivity contribution is 7.15. The number of esters is 1. The van der Waals surface area contributed by atoms with E-state index in [9.17, 15) is 4.79 Å². The van der Waals surface area contributed by atoms with Crippen LogP contribution in [0.25, 0.3) is 0 Å². The van der Waals surface area contributed by atoms with Crippen molar-refractivity contribution in [1.29, 1.82) is 0 Å². The van der Waals surface area contributed by atoms with Crippen LogP contribution in [-0.2, 0) is 11.3 Å². The normalized spacial score (nSPS) is 15.5. The van der Waals surface area contributed by atoms with Gasteiger partial charge in [-0.15, -0.1) is 11.3 Å². The topological polar surface area (TPSA) is 57.7 Å². The van der Waals surface area contributed by atoms with E-state index < -0.39 is 5.60 Å². The van der Waals surface area contributed by atoms with Crippen molar-refractivity contribution in [3.05, 3.63) is 39.3 Å². The predicted molar refractivity (Wildman–Crippen MR) is 116 cm³/mol. The molecule has 0 amide bonds. The van der Waals surface area contributed by atoms with Gasteiger partial charge in [0.15, 0.2) is 4.47 Å². The first-order valence-corrected chi connectivity index (χ1v) is 10.6. The number of nitrogens with one attached hydrogen (secondary N) is 1. The van der Waals surface area contributed by atoms with Crippen LogP contribution in [0.15, 0.2) is 24.4 Å². The molecule has 0 aliphatic carbocycles. The number of anilines is 2. The van der Waals surface area contributed by atoms with Crippen molar-refractivity contribution in [3.63, 3.8) is 0 Å². The van der Waals surface area contributed by atoms with Gasteiger partial charge in [0, 0.05) is 42.9 Å². The Morgan fingerprint density at radius 2 is 2.00 bits per heavy atom. The number of halogens is 1. The number of nitrogens with zero attached hydrogens (tertiary/aromatic N) is 3. The molecule has 1 aromatic carbocycles. The van der Waals surface area contributed by atoms with Gasteiger partial charge in [-0.2, -0.15) is 0 Å². The van der Waals surface area contributed by atoms with Gasteiger partial charge in [0.1, 0.15) is 5.60 Å². The quantitative estimate of drug-likeness (QED) is 0.731. The van der Waals surface area contributed by atoms with Gasteiger partial charge >= 0.3 is 5.97 Å². The van der Waals surface area contributed by atoms with E-state index in [0.29, 0.717) is 16.6 Å². The van der Waals surface area contributed by atoms with E-state index >= 15 is 0 Å². The lowest BCUT2D eigenvalue weighted by Crippen LogP contribution is -2.44. The summed E-state index contributed by atoms with van der Waals surface area (Å²) in [7, 11) is 2.14. The number of benzene rings is 1. The smallest absolute Gasteiger partial charge is 0.340 e. The molecule has 152 valence electrons. The number of carbonyl (C=O) groups is 1. The fourth-order valence-electron chi connectivity index (χ4n) is 3.00. The molecule has 0 radical (unpaired) electrons. The molecule has 2 heterocycles. The molecule has 6 nitrogen and oxygen atoms in total. The number of aromatic nitrogens is 1. The van der Waals surface area contributed by atoms with Crippen LogP contribution in [0.1, 0.15) is 36.0 Å². The SMILES string of the molecule is CN1CCN(c2ccc(C(=O)OC(C)(C)C)c(NCc3cnc(Cl)s3)c2)CC1. The van der Waals surface area contributed by atoms with Crippen molar-refractivity contribution in [2.75, 3.05) is 43.4 Å². The molecule has 3 rings (SSSR count). The first-order valence-electron chi connectivity index (χ1n) is 9.36. The van der Waals surface area contributed by atoms with E-state index in [4.69, 9.17) is 16.3 Å². The van der Waals surface area contributed by atoms with Crippen molar-refractivity contribution in [1.82, 2.24) is 9.88 Å². The third-order valence-corrected chi connectivity index (χ3v) is 5.58. The maximum atomic E-state index is 12.7. The van der Waals surface area contributed by atoms with Crippen LogP contribution in [0, 0.1) is 0 Å². The fraction of sp³-hybridized carbons (Fsp3) is 0.500. The Labute approximate surface area is 175 Å². The summed E-state index contributed by atoms with van der Waals surface area (Å²) >= 11 is 7.35. The van der Waals surface area contributed by atoms with Gasteiger partial charge in [0.05, 0.1) is 17.8 Å². The average Bonchev–Trinajstić information content (AvgIpc) is 3.04. The van der Waals surface area contributed by atoms with E-state index in [2.05, 4.69) is 27.1 Å². The number of hydrogen-bond acceptors (Lipinski definition) is 7. The zero-order valence-corrected chi connectivity index (χ0v) is 18.4. The summed E-state index contributed by atoms with van der Waals surface area (Å²) in [6.45, 7) is 10.1.